The molecule has 1 unspecified atom stereocenters. The Morgan fingerprint density at radius 3 is 3.16 bits per heavy atom. The number of thioether (sulfide) groups is 1. The molecule has 1 atom stereocenters. The van der Waals surface area contributed by atoms with E-state index in [9.17, 15) is 9.18 Å². The van der Waals surface area contributed by atoms with Crippen LogP contribution in [0.2, 0.25) is 0 Å². The van der Waals surface area contributed by atoms with Crippen LogP contribution in [0.25, 0.3) is 0 Å². The molecule has 1 heterocycles. The van der Waals surface area contributed by atoms with Gasteiger partial charge in [-0.15, -0.1) is 11.8 Å². The van der Waals surface area contributed by atoms with Gasteiger partial charge in [-0.3, -0.25) is 10.1 Å². The summed E-state index contributed by atoms with van der Waals surface area (Å²) in [6.45, 7) is 0.837. The van der Waals surface area contributed by atoms with Gasteiger partial charge >= 0.3 is 0 Å². The van der Waals surface area contributed by atoms with Crippen LogP contribution in [0, 0.1) is 5.82 Å². The maximum atomic E-state index is 12.9. The summed E-state index contributed by atoms with van der Waals surface area (Å²) in [6.07, 6.45) is 0. The number of benzene rings is 1. The van der Waals surface area contributed by atoms with Gasteiger partial charge in [0.1, 0.15) is 18.2 Å². The summed E-state index contributed by atoms with van der Waals surface area (Å²) in [5, 5.41) is 3.13. The van der Waals surface area contributed by atoms with Crippen molar-refractivity contribution in [3.63, 3.8) is 0 Å². The second-order valence-electron chi connectivity index (χ2n) is 4.34. The standard InChI is InChI=1S/C13H17FN2O2S/c1-16(13(17)12-8-19-9-15-12)5-6-18-11-4-2-3-10(14)7-11/h2-4,7,12,15H,5-6,8-9H2,1H3. The van der Waals surface area contributed by atoms with Crippen molar-refractivity contribution in [3.8, 4) is 5.75 Å². The van der Waals surface area contributed by atoms with Crippen molar-refractivity contribution in [1.82, 2.24) is 10.2 Å². The molecule has 1 aliphatic rings. The zero-order valence-corrected chi connectivity index (χ0v) is 11.6. The molecule has 1 fully saturated rings. The van der Waals surface area contributed by atoms with Crippen LogP contribution >= 0.6 is 11.8 Å². The van der Waals surface area contributed by atoms with Gasteiger partial charge in [0.2, 0.25) is 5.91 Å². The van der Waals surface area contributed by atoms with E-state index < -0.39 is 0 Å². The average Bonchev–Trinajstić information content (AvgIpc) is 2.91. The monoisotopic (exact) mass is 284 g/mol. The lowest BCUT2D eigenvalue weighted by atomic mass is 10.3. The Kier molecular flexibility index (Phi) is 5.04. The highest BCUT2D eigenvalue weighted by molar-refractivity contribution is 7.99. The smallest absolute Gasteiger partial charge is 0.240 e. The van der Waals surface area contributed by atoms with E-state index in [4.69, 9.17) is 4.74 Å². The summed E-state index contributed by atoms with van der Waals surface area (Å²) in [4.78, 5) is 13.6. The van der Waals surface area contributed by atoms with Crippen molar-refractivity contribution in [1.29, 1.82) is 0 Å². The molecule has 0 saturated carbocycles. The van der Waals surface area contributed by atoms with E-state index in [1.807, 2.05) is 0 Å². The zero-order chi connectivity index (χ0) is 13.7. The van der Waals surface area contributed by atoms with Crippen LogP contribution in [0.4, 0.5) is 4.39 Å². The molecule has 0 bridgehead atoms. The molecular weight excluding hydrogens is 267 g/mol. The third kappa shape index (κ3) is 4.11. The third-order valence-corrected chi connectivity index (χ3v) is 3.82. The summed E-state index contributed by atoms with van der Waals surface area (Å²) < 4.78 is 18.3. The predicted molar refractivity (Wildman–Crippen MR) is 73.8 cm³/mol. The second kappa shape index (κ2) is 6.77. The minimum absolute atomic E-state index is 0.0767. The molecule has 0 radical (unpaired) electrons. The van der Waals surface area contributed by atoms with E-state index in [2.05, 4.69) is 5.32 Å². The highest BCUT2D eigenvalue weighted by atomic mass is 32.2. The largest absolute Gasteiger partial charge is 0.492 e. The fourth-order valence-electron chi connectivity index (χ4n) is 1.79. The molecular formula is C13H17FN2O2S. The fourth-order valence-corrected chi connectivity index (χ4v) is 2.72. The first-order chi connectivity index (χ1) is 9.16. The zero-order valence-electron chi connectivity index (χ0n) is 10.8. The average molecular weight is 284 g/mol. The molecule has 19 heavy (non-hydrogen) atoms. The lowest BCUT2D eigenvalue weighted by molar-refractivity contribution is -0.131. The lowest BCUT2D eigenvalue weighted by Crippen LogP contribution is -2.44. The van der Waals surface area contributed by atoms with E-state index in [0.29, 0.717) is 18.9 Å². The van der Waals surface area contributed by atoms with Gasteiger partial charge in [0.25, 0.3) is 0 Å². The molecule has 0 aliphatic carbocycles. The van der Waals surface area contributed by atoms with Crippen LogP contribution in [-0.4, -0.2) is 48.7 Å². The number of nitrogens with zero attached hydrogens (tertiary/aromatic N) is 1. The molecule has 1 saturated heterocycles. The van der Waals surface area contributed by atoms with Gasteiger partial charge in [0.15, 0.2) is 0 Å². The van der Waals surface area contributed by atoms with Gasteiger partial charge in [-0.25, -0.2) is 4.39 Å². The number of amides is 1. The lowest BCUT2D eigenvalue weighted by Gasteiger charge is -2.20. The Balaban J connectivity index is 1.74. The van der Waals surface area contributed by atoms with E-state index in [0.717, 1.165) is 11.6 Å². The Hall–Kier alpha value is -1.27. The van der Waals surface area contributed by atoms with Crippen LogP contribution in [0.1, 0.15) is 0 Å². The number of hydrogen-bond donors (Lipinski definition) is 1. The number of carbonyl (C=O) groups is 1. The van der Waals surface area contributed by atoms with Crippen LogP contribution in [0.5, 0.6) is 5.75 Å². The normalized spacial score (nSPS) is 18.3. The maximum Gasteiger partial charge on any atom is 0.240 e. The molecule has 1 aliphatic heterocycles. The van der Waals surface area contributed by atoms with Crippen LogP contribution < -0.4 is 10.1 Å². The topological polar surface area (TPSA) is 41.6 Å². The predicted octanol–water partition coefficient (Wildman–Crippen LogP) is 1.33. The quantitative estimate of drug-likeness (QED) is 0.885. The third-order valence-electron chi connectivity index (χ3n) is 2.88. The number of ether oxygens (including phenoxy) is 1. The second-order valence-corrected chi connectivity index (χ2v) is 5.37. The Labute approximate surface area is 116 Å². The number of rotatable bonds is 5. The SMILES string of the molecule is CN(CCOc1cccc(F)c1)C(=O)C1CSCN1. The summed E-state index contributed by atoms with van der Waals surface area (Å²) in [5.41, 5.74) is 0. The van der Waals surface area contributed by atoms with Gasteiger partial charge in [-0.05, 0) is 12.1 Å². The van der Waals surface area contributed by atoms with Gasteiger partial charge in [-0.2, -0.15) is 0 Å². The number of likely N-dealkylation sites (N-methyl/N-ethyl adjacent to an activating group) is 1. The van der Waals surface area contributed by atoms with Crippen molar-refractivity contribution in [2.45, 2.75) is 6.04 Å². The summed E-state index contributed by atoms with van der Waals surface area (Å²) in [6, 6.07) is 5.89. The van der Waals surface area contributed by atoms with Crippen molar-refractivity contribution < 1.29 is 13.9 Å². The number of halogens is 1. The van der Waals surface area contributed by atoms with Crippen LogP contribution in [0.15, 0.2) is 24.3 Å². The summed E-state index contributed by atoms with van der Waals surface area (Å²) in [7, 11) is 1.75. The molecule has 1 N–H and O–H groups in total. The van der Waals surface area contributed by atoms with E-state index in [1.54, 1.807) is 35.8 Å². The highest BCUT2D eigenvalue weighted by Gasteiger charge is 2.25. The van der Waals surface area contributed by atoms with E-state index in [-0.39, 0.29) is 17.8 Å². The van der Waals surface area contributed by atoms with Gasteiger partial charge < -0.3 is 9.64 Å². The molecule has 0 spiro atoms. The van der Waals surface area contributed by atoms with Crippen molar-refractivity contribution in [3.05, 3.63) is 30.1 Å². The molecule has 1 aromatic rings. The maximum absolute atomic E-state index is 12.9. The van der Waals surface area contributed by atoms with Crippen molar-refractivity contribution in [2.24, 2.45) is 0 Å². The molecule has 6 heteroatoms. The Morgan fingerprint density at radius 2 is 2.47 bits per heavy atom. The van der Waals surface area contributed by atoms with Crippen molar-refractivity contribution in [2.75, 3.05) is 31.8 Å². The molecule has 4 nitrogen and oxygen atoms in total. The molecule has 1 aromatic carbocycles. The molecule has 104 valence electrons. The summed E-state index contributed by atoms with van der Waals surface area (Å²) >= 11 is 1.72. The fraction of sp³-hybridized carbons (Fsp3) is 0.462. The number of nitrogens with one attached hydrogen (secondary N) is 1. The summed E-state index contributed by atoms with van der Waals surface area (Å²) in [5.74, 6) is 1.87. The Bertz CT molecular complexity index is 438. The molecule has 1 amide bonds. The Morgan fingerprint density at radius 1 is 1.63 bits per heavy atom. The first-order valence-corrected chi connectivity index (χ1v) is 7.27. The van der Waals surface area contributed by atoms with Crippen LogP contribution in [-0.2, 0) is 4.79 Å². The number of hydrogen-bond acceptors (Lipinski definition) is 4. The van der Waals surface area contributed by atoms with Crippen LogP contribution in [0.3, 0.4) is 0 Å². The first-order valence-electron chi connectivity index (χ1n) is 6.11. The van der Waals surface area contributed by atoms with Gasteiger partial charge in [-0.1, -0.05) is 6.07 Å². The van der Waals surface area contributed by atoms with Gasteiger partial charge in [0.05, 0.1) is 12.6 Å². The van der Waals surface area contributed by atoms with E-state index >= 15 is 0 Å². The van der Waals surface area contributed by atoms with E-state index in [1.165, 1.54) is 12.1 Å². The first kappa shape index (κ1) is 14.1. The minimum Gasteiger partial charge on any atom is -0.492 e. The number of carbonyl (C=O) groups excluding carboxylic acids is 1. The molecule has 2 rings (SSSR count). The van der Waals surface area contributed by atoms with Crippen molar-refractivity contribution >= 4 is 17.7 Å². The molecule has 0 aromatic heterocycles. The van der Waals surface area contributed by atoms with Gasteiger partial charge in [0, 0.05) is 24.7 Å². The minimum atomic E-state index is -0.325. The highest BCUT2D eigenvalue weighted by Crippen LogP contribution is 2.13.